The van der Waals surface area contributed by atoms with Crippen LogP contribution in [0.25, 0.3) is 28.1 Å². The lowest BCUT2D eigenvalue weighted by Crippen LogP contribution is -2.31. The number of nitrogens with zero attached hydrogens (tertiary/aromatic N) is 7. The lowest BCUT2D eigenvalue weighted by molar-refractivity contribution is 0.255. The van der Waals surface area contributed by atoms with Crippen molar-refractivity contribution in [2.24, 2.45) is 0 Å². The highest BCUT2D eigenvalue weighted by molar-refractivity contribution is 5.78. The Labute approximate surface area is 202 Å². The summed E-state index contributed by atoms with van der Waals surface area (Å²) in [5, 5.41) is 0. The zero-order chi connectivity index (χ0) is 24.2. The van der Waals surface area contributed by atoms with Gasteiger partial charge in [-0.15, -0.1) is 0 Å². The van der Waals surface area contributed by atoms with Crippen molar-refractivity contribution in [3.63, 3.8) is 0 Å². The molecule has 0 amide bonds. The monoisotopic (exact) mass is 483 g/mol. The minimum atomic E-state index is -0.391. The maximum Gasteiger partial charge on any atom is 0.331 e. The van der Waals surface area contributed by atoms with Crippen molar-refractivity contribution in [3.05, 3.63) is 95.2 Å². The summed E-state index contributed by atoms with van der Waals surface area (Å²) in [4.78, 5) is 31.7. The zero-order valence-corrected chi connectivity index (χ0v) is 18.8. The van der Waals surface area contributed by atoms with Crippen molar-refractivity contribution < 1.29 is 13.5 Å². The van der Waals surface area contributed by atoms with Crippen molar-refractivity contribution in [1.82, 2.24) is 33.6 Å². The van der Waals surface area contributed by atoms with E-state index in [-0.39, 0.29) is 24.2 Å². The van der Waals surface area contributed by atoms with E-state index in [2.05, 4.69) is 15.0 Å². The molecule has 1 atom stereocenters. The van der Waals surface area contributed by atoms with Gasteiger partial charge in [0.25, 0.3) is 0 Å². The third kappa shape index (κ3) is 3.13. The van der Waals surface area contributed by atoms with Crippen LogP contribution in [0.2, 0.25) is 0 Å². The van der Waals surface area contributed by atoms with Crippen LogP contribution in [0.1, 0.15) is 23.9 Å². The summed E-state index contributed by atoms with van der Waals surface area (Å²) in [7, 11) is 0. The first kappa shape index (κ1) is 20.6. The maximum absolute atomic E-state index is 14.0. The predicted molar refractivity (Wildman–Crippen MR) is 127 cm³/mol. The molecule has 0 fully saturated rings. The van der Waals surface area contributed by atoms with Gasteiger partial charge in [0.1, 0.15) is 36.2 Å². The first-order valence-corrected chi connectivity index (χ1v) is 11.4. The number of hydrogen-bond donors (Lipinski definition) is 0. The summed E-state index contributed by atoms with van der Waals surface area (Å²) >= 11 is 0. The summed E-state index contributed by atoms with van der Waals surface area (Å²) in [6, 6.07) is 11.7. The molecule has 178 valence electrons. The molecule has 5 heterocycles. The molecule has 1 aliphatic rings. The third-order valence-electron chi connectivity index (χ3n) is 6.43. The zero-order valence-electron chi connectivity index (χ0n) is 18.8. The van der Waals surface area contributed by atoms with Gasteiger partial charge in [0, 0.05) is 18.1 Å². The lowest BCUT2D eigenvalue weighted by atomic mass is 10.0. The van der Waals surface area contributed by atoms with Gasteiger partial charge in [0.15, 0.2) is 5.65 Å². The van der Waals surface area contributed by atoms with Gasteiger partial charge in [-0.25, -0.2) is 24.1 Å². The Morgan fingerprint density at radius 2 is 2.00 bits per heavy atom. The molecule has 2 aromatic carbocycles. The first-order chi connectivity index (χ1) is 17.7. The van der Waals surface area contributed by atoms with Crippen molar-refractivity contribution in [2.45, 2.75) is 19.0 Å². The van der Waals surface area contributed by atoms with Gasteiger partial charge in [-0.2, -0.15) is 4.98 Å². The minimum Gasteiger partial charge on any atom is -0.493 e. The molecule has 6 aromatic rings. The molecule has 0 bridgehead atoms. The number of fused-ring (bicyclic) bond motifs is 3. The van der Waals surface area contributed by atoms with E-state index < -0.39 is 5.82 Å². The first-order valence-electron chi connectivity index (χ1n) is 11.4. The molecule has 4 aromatic heterocycles. The maximum atomic E-state index is 14.0. The number of oxazole rings is 1. The summed E-state index contributed by atoms with van der Waals surface area (Å²) in [5.41, 5.74) is 2.74. The normalized spacial score (nSPS) is 15.3. The van der Waals surface area contributed by atoms with Crippen molar-refractivity contribution in [2.75, 3.05) is 6.61 Å². The summed E-state index contributed by atoms with van der Waals surface area (Å²) in [6.07, 6.45) is 6.72. The van der Waals surface area contributed by atoms with Gasteiger partial charge in [-0.3, -0.25) is 13.7 Å². The van der Waals surface area contributed by atoms with Crippen LogP contribution >= 0.6 is 0 Å². The van der Waals surface area contributed by atoms with Crippen molar-refractivity contribution >= 4 is 22.2 Å². The molecule has 0 radical (unpaired) electrons. The Morgan fingerprint density at radius 3 is 2.89 bits per heavy atom. The SMILES string of the molecule is O=c1n(Cc2ncco2)c2cnc(-n3cnc4ccc(F)cc43)nc2n1[C@@H]1CCOc2ccccc21. The highest BCUT2D eigenvalue weighted by Gasteiger charge is 2.29. The van der Waals surface area contributed by atoms with Gasteiger partial charge in [0.05, 0.1) is 36.1 Å². The van der Waals surface area contributed by atoms with Crippen LogP contribution in [0.3, 0.4) is 0 Å². The van der Waals surface area contributed by atoms with E-state index in [0.717, 1.165) is 11.3 Å². The molecular weight excluding hydrogens is 465 g/mol. The topological polar surface area (TPSA) is 106 Å². The van der Waals surface area contributed by atoms with E-state index in [1.807, 2.05) is 24.3 Å². The highest BCUT2D eigenvalue weighted by atomic mass is 19.1. The van der Waals surface area contributed by atoms with E-state index in [1.54, 1.807) is 32.3 Å². The van der Waals surface area contributed by atoms with Gasteiger partial charge in [-0.05, 0) is 18.2 Å². The van der Waals surface area contributed by atoms with Crippen LogP contribution in [-0.2, 0) is 6.54 Å². The Bertz CT molecular complexity index is 1800. The van der Waals surface area contributed by atoms with Gasteiger partial charge >= 0.3 is 5.69 Å². The van der Waals surface area contributed by atoms with Crippen LogP contribution in [0.15, 0.2) is 76.7 Å². The second-order valence-electron chi connectivity index (χ2n) is 8.48. The van der Waals surface area contributed by atoms with Crippen LogP contribution in [0, 0.1) is 5.82 Å². The number of para-hydroxylation sites is 1. The Morgan fingerprint density at radius 1 is 1.08 bits per heavy atom. The predicted octanol–water partition coefficient (Wildman–Crippen LogP) is 3.48. The number of rotatable bonds is 4. The van der Waals surface area contributed by atoms with Crippen LogP contribution < -0.4 is 10.4 Å². The second-order valence-corrected chi connectivity index (χ2v) is 8.48. The quantitative estimate of drug-likeness (QED) is 0.378. The Kier molecular flexibility index (Phi) is 4.50. The fourth-order valence-electron chi connectivity index (χ4n) is 4.80. The third-order valence-corrected chi connectivity index (χ3v) is 6.43. The van der Waals surface area contributed by atoms with E-state index >= 15 is 0 Å². The smallest absolute Gasteiger partial charge is 0.331 e. The van der Waals surface area contributed by atoms with Crippen LogP contribution in [-0.4, -0.2) is 40.2 Å². The number of imidazole rings is 2. The summed E-state index contributed by atoms with van der Waals surface area (Å²) in [6.45, 7) is 0.589. The Balaban J connectivity index is 1.47. The molecule has 7 rings (SSSR count). The Hall–Kier alpha value is -4.80. The number of halogens is 1. The van der Waals surface area contributed by atoms with E-state index in [9.17, 15) is 9.18 Å². The van der Waals surface area contributed by atoms with Gasteiger partial charge < -0.3 is 9.15 Å². The number of ether oxygens (including phenoxy) is 1. The number of hydrogen-bond acceptors (Lipinski definition) is 7. The molecular formula is C25H18FN7O3. The molecule has 11 heteroatoms. The van der Waals surface area contributed by atoms with E-state index in [4.69, 9.17) is 14.1 Å². The molecule has 0 saturated carbocycles. The molecule has 0 unspecified atom stereocenters. The second kappa shape index (κ2) is 7.87. The van der Waals surface area contributed by atoms with E-state index in [0.29, 0.717) is 41.1 Å². The van der Waals surface area contributed by atoms with Crippen molar-refractivity contribution in [3.8, 4) is 11.7 Å². The average molecular weight is 483 g/mol. The van der Waals surface area contributed by atoms with Gasteiger partial charge in [-0.1, -0.05) is 18.2 Å². The molecule has 36 heavy (non-hydrogen) atoms. The van der Waals surface area contributed by atoms with Crippen molar-refractivity contribution in [1.29, 1.82) is 0 Å². The average Bonchev–Trinajstić information content (AvgIpc) is 3.62. The van der Waals surface area contributed by atoms with Crippen LogP contribution in [0.5, 0.6) is 5.75 Å². The fraction of sp³-hybridized carbons (Fsp3) is 0.160. The van der Waals surface area contributed by atoms with Crippen LogP contribution in [0.4, 0.5) is 4.39 Å². The number of aromatic nitrogens is 7. The standard InChI is InChI=1S/C25H18FN7O3/c26-15-5-6-17-19(11-15)32(14-29-17)24-28-12-20-23(30-24)33(25(34)31(20)13-22-27-8-10-36-22)18-7-9-35-21-4-2-1-3-16(18)21/h1-6,8,10-12,14,18H,7,9,13H2/t18-/m1/s1. The number of benzene rings is 2. The van der Waals surface area contributed by atoms with E-state index in [1.165, 1.54) is 24.6 Å². The summed E-state index contributed by atoms with van der Waals surface area (Å²) in [5.74, 6) is 1.01. The largest absolute Gasteiger partial charge is 0.493 e. The lowest BCUT2D eigenvalue weighted by Gasteiger charge is -2.26. The molecule has 0 N–H and O–H groups in total. The molecule has 1 aliphatic heterocycles. The van der Waals surface area contributed by atoms with Gasteiger partial charge in [0.2, 0.25) is 11.8 Å². The molecule has 0 spiro atoms. The molecule has 10 nitrogen and oxygen atoms in total. The summed E-state index contributed by atoms with van der Waals surface area (Å²) < 4.78 is 30.1. The molecule has 0 aliphatic carbocycles. The highest BCUT2D eigenvalue weighted by Crippen LogP contribution is 2.35. The molecule has 0 saturated heterocycles. The minimum absolute atomic E-state index is 0.127. The fourth-order valence-corrected chi connectivity index (χ4v) is 4.80.